The van der Waals surface area contributed by atoms with E-state index in [9.17, 15) is 0 Å². The zero-order valence-electron chi connectivity index (χ0n) is 7.17. The van der Waals surface area contributed by atoms with Crippen molar-refractivity contribution in [1.29, 1.82) is 0 Å². The Labute approximate surface area is 67.2 Å². The molecule has 0 aromatic carbocycles. The zero-order valence-corrected chi connectivity index (χ0v) is 7.17. The molecule has 0 aliphatic carbocycles. The van der Waals surface area contributed by atoms with Crippen LogP contribution in [0, 0.1) is 5.41 Å². The van der Waals surface area contributed by atoms with E-state index in [0.29, 0.717) is 0 Å². The first-order chi connectivity index (χ1) is 5.29. The molecule has 0 amide bonds. The molecule has 1 unspecified atom stereocenters. The van der Waals surface area contributed by atoms with Gasteiger partial charge >= 0.3 is 0 Å². The van der Waals surface area contributed by atoms with E-state index in [1.54, 1.807) is 0 Å². The third-order valence-electron chi connectivity index (χ3n) is 2.66. The van der Waals surface area contributed by atoms with Crippen molar-refractivity contribution in [3.8, 4) is 0 Å². The first-order valence-corrected chi connectivity index (χ1v) is 4.17. The molecule has 11 heavy (non-hydrogen) atoms. The maximum absolute atomic E-state index is 8.60. The van der Waals surface area contributed by atoms with E-state index in [2.05, 4.69) is 11.8 Å². The Bertz CT molecular complexity index is 111. The summed E-state index contributed by atoms with van der Waals surface area (Å²) in [5.74, 6) is 0. The molecule has 3 heteroatoms. The molecule has 0 bridgehead atoms. The third-order valence-corrected chi connectivity index (χ3v) is 2.66. The maximum Gasteiger partial charge on any atom is 0.102 e. The molecule has 1 saturated heterocycles. The van der Waals surface area contributed by atoms with Crippen molar-refractivity contribution < 1.29 is 14.9 Å². The smallest absolute Gasteiger partial charge is 0.102 e. The lowest BCUT2D eigenvalue weighted by Crippen LogP contribution is -2.51. The van der Waals surface area contributed by atoms with E-state index in [4.69, 9.17) is 9.99 Å². The highest BCUT2D eigenvalue weighted by molar-refractivity contribution is 4.90. The number of rotatable bonds is 4. The Balaban J connectivity index is 2.51. The van der Waals surface area contributed by atoms with E-state index >= 15 is 0 Å². The molecule has 3 nitrogen and oxygen atoms in total. The van der Waals surface area contributed by atoms with Gasteiger partial charge in [0.1, 0.15) is 6.10 Å². The molecule has 0 radical (unpaired) electrons. The van der Waals surface area contributed by atoms with Gasteiger partial charge in [-0.15, -0.1) is 0 Å². The molecule has 0 aromatic rings. The fourth-order valence-corrected chi connectivity index (χ4v) is 1.60. The molecule has 1 fully saturated rings. The summed E-state index contributed by atoms with van der Waals surface area (Å²) in [5, 5.41) is 8.60. The summed E-state index contributed by atoms with van der Waals surface area (Å²) < 4.78 is 5.12. The second-order valence-electron chi connectivity index (χ2n) is 3.21. The van der Waals surface area contributed by atoms with Crippen molar-refractivity contribution in [2.24, 2.45) is 5.41 Å². The minimum Gasteiger partial charge on any atom is -0.380 e. The molecule has 1 atom stereocenters. The van der Waals surface area contributed by atoms with Crippen LogP contribution in [0.3, 0.4) is 0 Å². The van der Waals surface area contributed by atoms with Gasteiger partial charge in [-0.3, -0.25) is 5.26 Å². The lowest BCUT2D eigenvalue weighted by Gasteiger charge is -2.44. The molecule has 1 aliphatic heterocycles. The first kappa shape index (κ1) is 8.97. The lowest BCUT2D eigenvalue weighted by atomic mass is 9.77. The summed E-state index contributed by atoms with van der Waals surface area (Å²) in [6.45, 7) is 5.56. The van der Waals surface area contributed by atoms with Gasteiger partial charge in [0.15, 0.2) is 0 Å². The van der Waals surface area contributed by atoms with Crippen LogP contribution in [0.5, 0.6) is 0 Å². The minimum atomic E-state index is -0.0544. The van der Waals surface area contributed by atoms with Crippen LogP contribution in [0.1, 0.15) is 26.7 Å². The van der Waals surface area contributed by atoms with Gasteiger partial charge in [-0.05, 0) is 12.8 Å². The summed E-state index contributed by atoms with van der Waals surface area (Å²) in [6, 6.07) is 0. The molecule has 0 spiro atoms. The molecule has 1 aliphatic rings. The average Bonchev–Trinajstić information content (AvgIpc) is 1.96. The summed E-state index contributed by atoms with van der Waals surface area (Å²) in [7, 11) is 0. The van der Waals surface area contributed by atoms with Crippen molar-refractivity contribution in [1.82, 2.24) is 0 Å². The van der Waals surface area contributed by atoms with Gasteiger partial charge in [0.05, 0.1) is 13.2 Å². The predicted octanol–water partition coefficient (Wildman–Crippen LogP) is 1.68. The van der Waals surface area contributed by atoms with Crippen LogP contribution in [0.4, 0.5) is 0 Å². The van der Waals surface area contributed by atoms with Crippen molar-refractivity contribution in [2.45, 2.75) is 32.8 Å². The van der Waals surface area contributed by atoms with E-state index in [-0.39, 0.29) is 11.5 Å². The fraction of sp³-hybridized carbons (Fsp3) is 1.00. The second kappa shape index (κ2) is 3.52. The van der Waals surface area contributed by atoms with E-state index in [0.717, 1.165) is 26.1 Å². The Morgan fingerprint density at radius 1 is 1.55 bits per heavy atom. The van der Waals surface area contributed by atoms with Gasteiger partial charge in [0.25, 0.3) is 0 Å². The highest BCUT2D eigenvalue weighted by Gasteiger charge is 2.44. The molecular weight excluding hydrogens is 144 g/mol. The molecule has 66 valence electrons. The van der Waals surface area contributed by atoms with Gasteiger partial charge < -0.3 is 4.74 Å². The Kier molecular flexibility index (Phi) is 2.87. The minimum absolute atomic E-state index is 0.0544. The van der Waals surface area contributed by atoms with Crippen LogP contribution in [0.25, 0.3) is 0 Å². The van der Waals surface area contributed by atoms with E-state index < -0.39 is 0 Å². The van der Waals surface area contributed by atoms with Crippen LogP contribution in [-0.4, -0.2) is 24.6 Å². The van der Waals surface area contributed by atoms with E-state index in [1.165, 1.54) is 0 Å². The lowest BCUT2D eigenvalue weighted by molar-refractivity contribution is -0.332. The van der Waals surface area contributed by atoms with Crippen molar-refractivity contribution in [2.75, 3.05) is 13.2 Å². The molecule has 1 N–H and O–H groups in total. The normalized spacial score (nSPS) is 24.3. The monoisotopic (exact) mass is 160 g/mol. The topological polar surface area (TPSA) is 38.7 Å². The third kappa shape index (κ3) is 1.41. The quantitative estimate of drug-likeness (QED) is 0.502. The Morgan fingerprint density at radius 2 is 2.18 bits per heavy atom. The van der Waals surface area contributed by atoms with Crippen molar-refractivity contribution >= 4 is 0 Å². The largest absolute Gasteiger partial charge is 0.380 e. The number of ether oxygens (including phenoxy) is 1. The molecule has 1 rings (SSSR count). The van der Waals surface area contributed by atoms with Crippen LogP contribution in [0.15, 0.2) is 0 Å². The second-order valence-corrected chi connectivity index (χ2v) is 3.21. The predicted molar refractivity (Wildman–Crippen MR) is 41.3 cm³/mol. The number of hydrogen-bond donors (Lipinski definition) is 1. The molecular formula is C8H16O3. The average molecular weight is 160 g/mol. The molecule has 0 saturated carbocycles. The van der Waals surface area contributed by atoms with E-state index in [1.807, 2.05) is 6.92 Å². The van der Waals surface area contributed by atoms with Gasteiger partial charge in [0.2, 0.25) is 0 Å². The fourth-order valence-electron chi connectivity index (χ4n) is 1.60. The highest BCUT2D eigenvalue weighted by atomic mass is 17.1. The maximum atomic E-state index is 8.60. The van der Waals surface area contributed by atoms with Crippen molar-refractivity contribution in [3.05, 3.63) is 0 Å². The van der Waals surface area contributed by atoms with Crippen LogP contribution < -0.4 is 0 Å². The molecule has 0 aromatic heterocycles. The number of hydrogen-bond acceptors (Lipinski definition) is 3. The van der Waals surface area contributed by atoms with Gasteiger partial charge in [-0.25, -0.2) is 4.89 Å². The SMILES string of the molecule is CCC(OO)C1(CC)COC1. The summed E-state index contributed by atoms with van der Waals surface area (Å²) in [6.07, 6.45) is 1.79. The summed E-state index contributed by atoms with van der Waals surface area (Å²) in [4.78, 5) is 4.42. The Hall–Kier alpha value is -0.120. The van der Waals surface area contributed by atoms with Crippen LogP contribution in [-0.2, 0) is 9.62 Å². The van der Waals surface area contributed by atoms with Gasteiger partial charge in [0, 0.05) is 5.41 Å². The van der Waals surface area contributed by atoms with Crippen molar-refractivity contribution in [3.63, 3.8) is 0 Å². The van der Waals surface area contributed by atoms with Gasteiger partial charge in [-0.2, -0.15) is 0 Å². The summed E-state index contributed by atoms with van der Waals surface area (Å²) >= 11 is 0. The zero-order chi connectivity index (χ0) is 8.32. The molecule has 1 heterocycles. The van der Waals surface area contributed by atoms with Crippen LogP contribution in [0.2, 0.25) is 0 Å². The summed E-state index contributed by atoms with van der Waals surface area (Å²) in [5.41, 5.74) is 0.0868. The highest BCUT2D eigenvalue weighted by Crippen LogP contribution is 2.37. The van der Waals surface area contributed by atoms with Gasteiger partial charge in [-0.1, -0.05) is 13.8 Å². The standard InChI is InChI=1S/C8H16O3/c1-3-7(11-9)8(4-2)5-10-6-8/h7,9H,3-6H2,1-2H3. The van der Waals surface area contributed by atoms with Crippen LogP contribution >= 0.6 is 0 Å². The Morgan fingerprint density at radius 3 is 2.27 bits per heavy atom. The first-order valence-electron chi connectivity index (χ1n) is 4.17.